The fourth-order valence-electron chi connectivity index (χ4n) is 1.81. The molecule has 0 saturated heterocycles. The second-order valence-corrected chi connectivity index (χ2v) is 6.95. The second-order valence-electron chi connectivity index (χ2n) is 4.74. The SMILES string of the molecule is C=CCNS(=O)(=O)c1ccc(NC(=O)c2ccc(Cl)cc2)c(F)c1. The first-order chi connectivity index (χ1) is 11.3. The summed E-state index contributed by atoms with van der Waals surface area (Å²) in [6, 6.07) is 9.28. The molecule has 0 heterocycles. The zero-order chi connectivity index (χ0) is 17.7. The Labute approximate surface area is 144 Å². The van der Waals surface area contributed by atoms with E-state index in [0.717, 1.165) is 6.07 Å². The summed E-state index contributed by atoms with van der Waals surface area (Å²) in [6.07, 6.45) is 1.37. The van der Waals surface area contributed by atoms with Gasteiger partial charge in [-0.05, 0) is 42.5 Å². The van der Waals surface area contributed by atoms with Crippen LogP contribution in [0.15, 0.2) is 60.0 Å². The Morgan fingerprint density at radius 3 is 2.46 bits per heavy atom. The Morgan fingerprint density at radius 1 is 1.21 bits per heavy atom. The van der Waals surface area contributed by atoms with E-state index < -0.39 is 21.7 Å². The Hall–Kier alpha value is -2.22. The lowest BCUT2D eigenvalue weighted by Crippen LogP contribution is -2.24. The molecule has 0 radical (unpaired) electrons. The lowest BCUT2D eigenvalue weighted by molar-refractivity contribution is 0.102. The van der Waals surface area contributed by atoms with E-state index in [1.54, 1.807) is 0 Å². The number of sulfonamides is 1. The minimum Gasteiger partial charge on any atom is -0.319 e. The first-order valence-electron chi connectivity index (χ1n) is 6.80. The van der Waals surface area contributed by atoms with Crippen LogP contribution in [-0.4, -0.2) is 20.9 Å². The van der Waals surface area contributed by atoms with Crippen LogP contribution in [0.1, 0.15) is 10.4 Å². The zero-order valence-corrected chi connectivity index (χ0v) is 14.0. The highest BCUT2D eigenvalue weighted by molar-refractivity contribution is 7.89. The van der Waals surface area contributed by atoms with Crippen molar-refractivity contribution < 1.29 is 17.6 Å². The molecule has 5 nitrogen and oxygen atoms in total. The third-order valence-electron chi connectivity index (χ3n) is 3.02. The molecule has 0 aliphatic heterocycles. The largest absolute Gasteiger partial charge is 0.319 e. The molecular formula is C16H14ClFN2O3S. The molecule has 2 rings (SSSR count). The van der Waals surface area contributed by atoms with Gasteiger partial charge < -0.3 is 5.32 Å². The van der Waals surface area contributed by atoms with Gasteiger partial charge in [0.1, 0.15) is 5.82 Å². The lowest BCUT2D eigenvalue weighted by atomic mass is 10.2. The first-order valence-corrected chi connectivity index (χ1v) is 8.66. The highest BCUT2D eigenvalue weighted by Crippen LogP contribution is 2.20. The van der Waals surface area contributed by atoms with Gasteiger partial charge in [0.15, 0.2) is 0 Å². The van der Waals surface area contributed by atoms with Crippen LogP contribution in [0.5, 0.6) is 0 Å². The topological polar surface area (TPSA) is 75.3 Å². The summed E-state index contributed by atoms with van der Waals surface area (Å²) in [6.45, 7) is 3.43. The maximum absolute atomic E-state index is 14.1. The van der Waals surface area contributed by atoms with Crippen LogP contribution in [0.3, 0.4) is 0 Å². The van der Waals surface area contributed by atoms with Gasteiger partial charge in [-0.1, -0.05) is 17.7 Å². The number of amides is 1. The van der Waals surface area contributed by atoms with Crippen LogP contribution in [0, 0.1) is 5.82 Å². The van der Waals surface area contributed by atoms with Crippen molar-refractivity contribution in [2.24, 2.45) is 0 Å². The van der Waals surface area contributed by atoms with Crippen molar-refractivity contribution in [1.29, 1.82) is 0 Å². The standard InChI is InChI=1S/C16H14ClFN2O3S/c1-2-9-19-24(22,23)13-7-8-15(14(18)10-13)20-16(21)11-3-5-12(17)6-4-11/h2-8,10,19H,1,9H2,(H,20,21). The molecule has 0 spiro atoms. The van der Waals surface area contributed by atoms with Gasteiger partial charge in [0.2, 0.25) is 10.0 Å². The molecule has 2 aromatic carbocycles. The molecule has 1 amide bonds. The molecule has 0 atom stereocenters. The van der Waals surface area contributed by atoms with Crippen LogP contribution in [-0.2, 0) is 10.0 Å². The van der Waals surface area contributed by atoms with E-state index in [0.29, 0.717) is 10.6 Å². The molecule has 126 valence electrons. The average Bonchev–Trinajstić information content (AvgIpc) is 2.55. The monoisotopic (exact) mass is 368 g/mol. The highest BCUT2D eigenvalue weighted by atomic mass is 35.5. The predicted octanol–water partition coefficient (Wildman–Crippen LogP) is 3.20. The number of carbonyl (C=O) groups is 1. The summed E-state index contributed by atoms with van der Waals surface area (Å²) in [5, 5.41) is 2.85. The van der Waals surface area contributed by atoms with Crippen molar-refractivity contribution in [3.05, 3.63) is 71.5 Å². The van der Waals surface area contributed by atoms with Gasteiger partial charge in [0.05, 0.1) is 10.6 Å². The Balaban J connectivity index is 2.19. The fourth-order valence-corrected chi connectivity index (χ4v) is 2.95. The van der Waals surface area contributed by atoms with Crippen molar-refractivity contribution in [3.8, 4) is 0 Å². The molecule has 0 unspecified atom stereocenters. The summed E-state index contributed by atoms with van der Waals surface area (Å²) in [5.74, 6) is -1.40. The van der Waals surface area contributed by atoms with Crippen LogP contribution in [0.2, 0.25) is 5.02 Å². The van der Waals surface area contributed by atoms with Crippen LogP contribution >= 0.6 is 11.6 Å². The molecule has 0 aliphatic carbocycles. The van der Waals surface area contributed by atoms with Crippen molar-refractivity contribution in [3.63, 3.8) is 0 Å². The number of rotatable bonds is 6. The Bertz CT molecular complexity index is 867. The molecule has 0 saturated carbocycles. The van der Waals surface area contributed by atoms with Crippen molar-refractivity contribution in [1.82, 2.24) is 4.72 Å². The quantitative estimate of drug-likeness (QED) is 0.769. The third-order valence-corrected chi connectivity index (χ3v) is 4.70. The van der Waals surface area contributed by atoms with Crippen molar-refractivity contribution in [2.75, 3.05) is 11.9 Å². The molecule has 0 aliphatic rings. The van der Waals surface area contributed by atoms with Gasteiger partial charge in [-0.2, -0.15) is 0 Å². The third kappa shape index (κ3) is 4.41. The number of benzene rings is 2. The normalized spacial score (nSPS) is 11.1. The Morgan fingerprint density at radius 2 is 1.88 bits per heavy atom. The molecule has 0 fully saturated rings. The first kappa shape index (κ1) is 18.1. The zero-order valence-electron chi connectivity index (χ0n) is 12.4. The minimum atomic E-state index is -3.84. The van der Waals surface area contributed by atoms with Gasteiger partial charge in [-0.3, -0.25) is 4.79 Å². The van der Waals surface area contributed by atoms with E-state index in [1.165, 1.54) is 42.5 Å². The lowest BCUT2D eigenvalue weighted by Gasteiger charge is -2.09. The molecule has 0 aromatic heterocycles. The van der Waals surface area contributed by atoms with Crippen molar-refractivity contribution >= 4 is 33.2 Å². The fraction of sp³-hybridized carbons (Fsp3) is 0.0625. The molecule has 8 heteroatoms. The smallest absolute Gasteiger partial charge is 0.255 e. The molecule has 0 bridgehead atoms. The Kier molecular flexibility index (Phi) is 5.71. The van der Waals surface area contributed by atoms with Crippen LogP contribution in [0.4, 0.5) is 10.1 Å². The van der Waals surface area contributed by atoms with Crippen LogP contribution < -0.4 is 10.0 Å². The summed E-state index contributed by atoms with van der Waals surface area (Å²) < 4.78 is 40.1. The number of hydrogen-bond acceptors (Lipinski definition) is 3. The van der Waals surface area contributed by atoms with E-state index in [1.807, 2.05) is 0 Å². The summed E-state index contributed by atoms with van der Waals surface area (Å²) >= 11 is 5.74. The van der Waals surface area contributed by atoms with E-state index in [2.05, 4.69) is 16.6 Å². The minimum absolute atomic E-state index is 0.0268. The summed E-state index contributed by atoms with van der Waals surface area (Å²) in [7, 11) is -3.84. The number of hydrogen-bond donors (Lipinski definition) is 2. The number of halogens is 2. The average molecular weight is 369 g/mol. The van der Waals surface area contributed by atoms with Gasteiger partial charge >= 0.3 is 0 Å². The van der Waals surface area contributed by atoms with E-state index in [-0.39, 0.29) is 17.1 Å². The maximum Gasteiger partial charge on any atom is 0.255 e. The highest BCUT2D eigenvalue weighted by Gasteiger charge is 2.16. The maximum atomic E-state index is 14.1. The predicted molar refractivity (Wildman–Crippen MR) is 91.2 cm³/mol. The van der Waals surface area contributed by atoms with Crippen LogP contribution in [0.25, 0.3) is 0 Å². The number of anilines is 1. The van der Waals surface area contributed by atoms with E-state index in [4.69, 9.17) is 11.6 Å². The summed E-state index contributed by atoms with van der Waals surface area (Å²) in [4.78, 5) is 11.8. The number of nitrogens with one attached hydrogen (secondary N) is 2. The van der Waals surface area contributed by atoms with E-state index >= 15 is 0 Å². The van der Waals surface area contributed by atoms with E-state index in [9.17, 15) is 17.6 Å². The molecule has 24 heavy (non-hydrogen) atoms. The number of carbonyl (C=O) groups excluding carboxylic acids is 1. The molecular weight excluding hydrogens is 355 g/mol. The van der Waals surface area contributed by atoms with Gasteiger partial charge in [0, 0.05) is 17.1 Å². The van der Waals surface area contributed by atoms with Gasteiger partial charge in [-0.25, -0.2) is 17.5 Å². The second kappa shape index (κ2) is 7.57. The summed E-state index contributed by atoms with van der Waals surface area (Å²) in [5.41, 5.74) is 0.167. The van der Waals surface area contributed by atoms with Gasteiger partial charge in [0.25, 0.3) is 5.91 Å². The van der Waals surface area contributed by atoms with Crippen molar-refractivity contribution in [2.45, 2.75) is 4.90 Å². The molecule has 2 aromatic rings. The van der Waals surface area contributed by atoms with Gasteiger partial charge in [-0.15, -0.1) is 6.58 Å². The molecule has 2 N–H and O–H groups in total.